The summed E-state index contributed by atoms with van der Waals surface area (Å²) in [5.41, 5.74) is 0.00794. The number of furan rings is 1. The van der Waals surface area contributed by atoms with Crippen molar-refractivity contribution in [1.82, 2.24) is 0 Å². The highest BCUT2D eigenvalue weighted by Gasteiger charge is 2.38. The number of hydrogen-bond donors (Lipinski definition) is 0. The predicted molar refractivity (Wildman–Crippen MR) is 41.1 cm³/mol. The minimum Gasteiger partial charge on any atom is -0.464 e. The van der Waals surface area contributed by atoms with Gasteiger partial charge < -0.3 is 4.42 Å². The molecule has 0 saturated heterocycles. The fraction of sp³-hybridized carbons (Fsp3) is 0.333. The first kappa shape index (κ1) is 8.41. The summed E-state index contributed by atoms with van der Waals surface area (Å²) >= 11 is 0. The molecular weight excluding hydrogens is 181 g/mol. The molecular formula is C9H7F3O. The summed E-state index contributed by atoms with van der Waals surface area (Å²) in [5.74, 6) is -0.0150. The maximum atomic E-state index is 12.4. The molecule has 13 heavy (non-hydrogen) atoms. The van der Waals surface area contributed by atoms with Crippen LogP contribution in [0.3, 0.4) is 0 Å². The van der Waals surface area contributed by atoms with E-state index in [-0.39, 0.29) is 5.76 Å². The summed E-state index contributed by atoms with van der Waals surface area (Å²) in [7, 11) is 0. The van der Waals surface area contributed by atoms with Gasteiger partial charge in [0.05, 0.1) is 11.8 Å². The molecule has 0 atom stereocenters. The molecule has 1 heterocycles. The van der Waals surface area contributed by atoms with Crippen LogP contribution in [0, 0.1) is 0 Å². The first-order valence-electron chi connectivity index (χ1n) is 3.93. The lowest BCUT2D eigenvalue weighted by Crippen LogP contribution is -2.13. The molecule has 1 aromatic rings. The summed E-state index contributed by atoms with van der Waals surface area (Å²) in [4.78, 5) is 0. The molecule has 0 spiro atoms. The predicted octanol–water partition coefficient (Wildman–Crippen LogP) is 3.17. The normalized spacial score (nSPS) is 16.7. The van der Waals surface area contributed by atoms with E-state index in [1.54, 1.807) is 6.07 Å². The molecule has 0 aliphatic heterocycles. The van der Waals surface area contributed by atoms with E-state index in [9.17, 15) is 13.2 Å². The van der Waals surface area contributed by atoms with E-state index >= 15 is 0 Å². The summed E-state index contributed by atoms with van der Waals surface area (Å²) in [6.45, 7) is 0. The average Bonchev–Trinajstić information content (AvgIpc) is 2.48. The van der Waals surface area contributed by atoms with Crippen LogP contribution in [0.2, 0.25) is 0 Å². The molecule has 1 nitrogen and oxygen atoms in total. The lowest BCUT2D eigenvalue weighted by molar-refractivity contribution is -0.0704. The van der Waals surface area contributed by atoms with Crippen LogP contribution in [-0.4, -0.2) is 6.18 Å². The third-order valence-electron chi connectivity index (χ3n) is 2.06. The Hall–Kier alpha value is -1.19. The average molecular weight is 188 g/mol. The Balaban J connectivity index is 2.47. The number of alkyl halides is 3. The number of allylic oxidation sites excluding steroid dienone is 2. The van der Waals surface area contributed by atoms with Gasteiger partial charge in [-0.15, -0.1) is 0 Å². The van der Waals surface area contributed by atoms with Crippen LogP contribution in [0.4, 0.5) is 13.2 Å². The largest absolute Gasteiger partial charge is 0.464 e. The van der Waals surface area contributed by atoms with Crippen molar-refractivity contribution < 1.29 is 17.6 Å². The molecule has 70 valence electrons. The van der Waals surface area contributed by atoms with Crippen molar-refractivity contribution in [3.05, 3.63) is 29.7 Å². The Kier molecular flexibility index (Phi) is 1.71. The van der Waals surface area contributed by atoms with Crippen molar-refractivity contribution in [2.75, 3.05) is 0 Å². The zero-order chi connectivity index (χ0) is 9.47. The highest BCUT2D eigenvalue weighted by molar-refractivity contribution is 5.69. The monoisotopic (exact) mass is 188 g/mol. The molecule has 2 rings (SSSR count). The molecule has 0 fully saturated rings. The first-order valence-corrected chi connectivity index (χ1v) is 3.93. The number of aryl methyl sites for hydroxylation is 1. The van der Waals surface area contributed by atoms with Crippen LogP contribution in [-0.2, 0) is 6.42 Å². The summed E-state index contributed by atoms with van der Waals surface area (Å²) in [6, 6.07) is 1.59. The molecule has 4 heteroatoms. The molecule has 0 amide bonds. The van der Waals surface area contributed by atoms with Crippen molar-refractivity contribution in [2.24, 2.45) is 0 Å². The van der Waals surface area contributed by atoms with Crippen molar-refractivity contribution in [3.8, 4) is 0 Å². The molecule has 1 aromatic heterocycles. The van der Waals surface area contributed by atoms with Crippen molar-refractivity contribution >= 4 is 5.57 Å². The van der Waals surface area contributed by atoms with E-state index in [0.717, 1.165) is 0 Å². The lowest BCUT2D eigenvalue weighted by atomic mass is 9.98. The second-order valence-corrected chi connectivity index (χ2v) is 2.93. The van der Waals surface area contributed by atoms with Crippen LogP contribution in [0.25, 0.3) is 5.57 Å². The number of fused-ring (bicyclic) bond motifs is 1. The Bertz CT molecular complexity index is 346. The maximum Gasteiger partial charge on any atom is 0.419 e. The van der Waals surface area contributed by atoms with E-state index in [1.165, 1.54) is 12.3 Å². The van der Waals surface area contributed by atoms with Crippen molar-refractivity contribution in [3.63, 3.8) is 0 Å². The van der Waals surface area contributed by atoms with Gasteiger partial charge in [0.1, 0.15) is 5.76 Å². The van der Waals surface area contributed by atoms with E-state index in [4.69, 9.17) is 4.42 Å². The molecule has 0 N–H and O–H groups in total. The first-order chi connectivity index (χ1) is 6.09. The van der Waals surface area contributed by atoms with Gasteiger partial charge in [-0.05, 0) is 24.5 Å². The van der Waals surface area contributed by atoms with Gasteiger partial charge in [0.15, 0.2) is 0 Å². The fourth-order valence-electron chi connectivity index (χ4n) is 1.48. The van der Waals surface area contributed by atoms with Crippen molar-refractivity contribution in [1.29, 1.82) is 0 Å². The van der Waals surface area contributed by atoms with Crippen molar-refractivity contribution in [2.45, 2.75) is 19.0 Å². The highest BCUT2D eigenvalue weighted by atomic mass is 19.4. The molecule has 1 aliphatic rings. The zero-order valence-corrected chi connectivity index (χ0v) is 6.69. The quantitative estimate of drug-likeness (QED) is 0.609. The van der Waals surface area contributed by atoms with E-state index < -0.39 is 11.7 Å². The highest BCUT2D eigenvalue weighted by Crippen LogP contribution is 2.38. The minimum atomic E-state index is -4.30. The van der Waals surface area contributed by atoms with Crippen LogP contribution in [0.1, 0.15) is 17.7 Å². The minimum absolute atomic E-state index is 0.0150. The van der Waals surface area contributed by atoms with Gasteiger partial charge in [-0.25, -0.2) is 0 Å². The topological polar surface area (TPSA) is 13.1 Å². The third-order valence-corrected chi connectivity index (χ3v) is 2.06. The Morgan fingerprint density at radius 2 is 2.08 bits per heavy atom. The fourth-order valence-corrected chi connectivity index (χ4v) is 1.48. The number of halogens is 3. The summed E-state index contributed by atoms with van der Waals surface area (Å²) in [6.07, 6.45) is -0.749. The molecule has 0 radical (unpaired) electrons. The SMILES string of the molecule is FC(F)(F)C1=CCCc2ccoc21. The standard InChI is InChI=1S/C9H7F3O/c10-9(11,12)7-3-1-2-6-4-5-13-8(6)7/h3-5H,1-2H2. The molecule has 0 saturated carbocycles. The van der Waals surface area contributed by atoms with Crippen LogP contribution in [0.15, 0.2) is 22.8 Å². The van der Waals surface area contributed by atoms with E-state index in [1.807, 2.05) is 0 Å². The molecule has 1 aliphatic carbocycles. The van der Waals surface area contributed by atoms with Gasteiger partial charge in [-0.3, -0.25) is 0 Å². The van der Waals surface area contributed by atoms with Gasteiger partial charge >= 0.3 is 6.18 Å². The van der Waals surface area contributed by atoms with Crippen LogP contribution < -0.4 is 0 Å². The third kappa shape index (κ3) is 1.36. The zero-order valence-electron chi connectivity index (χ0n) is 6.69. The van der Waals surface area contributed by atoms with Gasteiger partial charge in [-0.1, -0.05) is 6.08 Å². The summed E-state index contributed by atoms with van der Waals surface area (Å²) in [5, 5.41) is 0. The second kappa shape index (κ2) is 2.65. The van der Waals surface area contributed by atoms with Crippen LogP contribution >= 0.6 is 0 Å². The Labute approximate surface area is 72.9 Å². The number of rotatable bonds is 0. The molecule has 0 aromatic carbocycles. The number of hydrogen-bond acceptors (Lipinski definition) is 1. The van der Waals surface area contributed by atoms with Gasteiger partial charge in [0.2, 0.25) is 0 Å². The lowest BCUT2D eigenvalue weighted by Gasteiger charge is -2.14. The van der Waals surface area contributed by atoms with Gasteiger partial charge in [0.25, 0.3) is 0 Å². The Morgan fingerprint density at radius 3 is 2.77 bits per heavy atom. The summed E-state index contributed by atoms with van der Waals surface area (Å²) < 4.78 is 41.9. The second-order valence-electron chi connectivity index (χ2n) is 2.93. The smallest absolute Gasteiger partial charge is 0.419 e. The van der Waals surface area contributed by atoms with Gasteiger partial charge in [-0.2, -0.15) is 13.2 Å². The molecule has 0 bridgehead atoms. The van der Waals surface area contributed by atoms with E-state index in [2.05, 4.69) is 0 Å². The van der Waals surface area contributed by atoms with E-state index in [0.29, 0.717) is 18.4 Å². The van der Waals surface area contributed by atoms with Gasteiger partial charge in [0, 0.05) is 0 Å². The molecule has 0 unspecified atom stereocenters. The Morgan fingerprint density at radius 1 is 1.31 bits per heavy atom. The van der Waals surface area contributed by atoms with Crippen LogP contribution in [0.5, 0.6) is 0 Å². The maximum absolute atomic E-state index is 12.4.